The zero-order valence-electron chi connectivity index (χ0n) is 11.5. The number of nitrogens with one attached hydrogen (secondary N) is 1. The maximum absolute atomic E-state index is 12.1. The number of hydrogen-bond donors (Lipinski definition) is 2. The second kappa shape index (κ2) is 7.98. The number of aliphatic carboxylic acids is 1. The van der Waals surface area contributed by atoms with Gasteiger partial charge >= 0.3 is 5.97 Å². The monoisotopic (exact) mass is 353 g/mol. The van der Waals surface area contributed by atoms with Crippen molar-refractivity contribution < 1.29 is 18.3 Å². The van der Waals surface area contributed by atoms with Gasteiger partial charge in [-0.15, -0.1) is 0 Å². The molecule has 118 valence electrons. The van der Waals surface area contributed by atoms with Crippen LogP contribution in [0.2, 0.25) is 10.0 Å². The Morgan fingerprint density at radius 2 is 2.00 bits per heavy atom. The molecule has 1 aromatic rings. The standard InChI is InChI=1S/C13H17Cl2NO4S/c1-9(5-6-12(17)18)7-8-16-21(19,20)11-4-2-3-10(14)13(11)15/h2-4,9,16H,5-8H2,1H3,(H,17,18). The minimum Gasteiger partial charge on any atom is -0.481 e. The fraction of sp³-hybridized carbons (Fsp3) is 0.462. The van der Waals surface area contributed by atoms with E-state index < -0.39 is 16.0 Å². The Morgan fingerprint density at radius 3 is 2.62 bits per heavy atom. The van der Waals surface area contributed by atoms with Crippen LogP contribution in [0.1, 0.15) is 26.2 Å². The zero-order valence-corrected chi connectivity index (χ0v) is 13.8. The van der Waals surface area contributed by atoms with Gasteiger partial charge in [0.15, 0.2) is 0 Å². The topological polar surface area (TPSA) is 83.5 Å². The molecule has 0 spiro atoms. The molecule has 0 saturated heterocycles. The third-order valence-corrected chi connectivity index (χ3v) is 5.42. The van der Waals surface area contributed by atoms with Crippen LogP contribution in [0.15, 0.2) is 23.1 Å². The SMILES string of the molecule is CC(CCNS(=O)(=O)c1cccc(Cl)c1Cl)CCC(=O)O. The number of rotatable bonds is 8. The second-order valence-corrected chi connectivity index (χ2v) is 7.30. The summed E-state index contributed by atoms with van der Waals surface area (Å²) in [5, 5.41) is 8.75. The maximum Gasteiger partial charge on any atom is 0.303 e. The number of carboxylic acid groups (broad SMARTS) is 1. The fourth-order valence-electron chi connectivity index (χ4n) is 1.72. The molecule has 0 heterocycles. The van der Waals surface area contributed by atoms with E-state index in [4.69, 9.17) is 28.3 Å². The number of carboxylic acids is 1. The lowest BCUT2D eigenvalue weighted by Crippen LogP contribution is -2.26. The Kier molecular flexibility index (Phi) is 6.93. The van der Waals surface area contributed by atoms with Gasteiger partial charge in [0.2, 0.25) is 10.0 Å². The van der Waals surface area contributed by atoms with Crippen LogP contribution in [0.4, 0.5) is 0 Å². The summed E-state index contributed by atoms with van der Waals surface area (Å²) in [6.45, 7) is 2.09. The predicted octanol–water partition coefficient (Wildman–Crippen LogP) is 3.16. The molecule has 0 radical (unpaired) electrons. The van der Waals surface area contributed by atoms with E-state index in [9.17, 15) is 13.2 Å². The molecule has 0 bridgehead atoms. The molecule has 21 heavy (non-hydrogen) atoms. The molecule has 0 aliphatic heterocycles. The lowest BCUT2D eigenvalue weighted by molar-refractivity contribution is -0.137. The molecule has 8 heteroatoms. The van der Waals surface area contributed by atoms with E-state index in [0.29, 0.717) is 12.8 Å². The normalized spacial score (nSPS) is 13.1. The molecule has 0 saturated carbocycles. The van der Waals surface area contributed by atoms with Gasteiger partial charge < -0.3 is 5.11 Å². The summed E-state index contributed by atoms with van der Waals surface area (Å²) in [5.74, 6) is -0.744. The van der Waals surface area contributed by atoms with Gasteiger partial charge in [-0.3, -0.25) is 4.79 Å². The van der Waals surface area contributed by atoms with Gasteiger partial charge in [0.25, 0.3) is 0 Å². The third kappa shape index (κ3) is 5.82. The molecular weight excluding hydrogens is 337 g/mol. The van der Waals surface area contributed by atoms with Crippen LogP contribution in [0, 0.1) is 5.92 Å². The van der Waals surface area contributed by atoms with Gasteiger partial charge in [0, 0.05) is 13.0 Å². The fourth-order valence-corrected chi connectivity index (χ4v) is 3.53. The summed E-state index contributed by atoms with van der Waals surface area (Å²) in [6, 6.07) is 4.40. The van der Waals surface area contributed by atoms with E-state index in [1.54, 1.807) is 0 Å². The van der Waals surface area contributed by atoms with Crippen LogP contribution in [0.25, 0.3) is 0 Å². The minimum absolute atomic E-state index is 0.00871. The Morgan fingerprint density at radius 1 is 1.33 bits per heavy atom. The molecule has 0 amide bonds. The van der Waals surface area contributed by atoms with Crippen LogP contribution in [0.3, 0.4) is 0 Å². The first-order valence-corrected chi connectivity index (χ1v) is 8.63. The smallest absolute Gasteiger partial charge is 0.303 e. The van der Waals surface area contributed by atoms with Crippen LogP contribution < -0.4 is 4.72 Å². The van der Waals surface area contributed by atoms with Gasteiger partial charge in [0.05, 0.1) is 10.0 Å². The number of sulfonamides is 1. The van der Waals surface area contributed by atoms with E-state index in [2.05, 4.69) is 4.72 Å². The van der Waals surface area contributed by atoms with E-state index >= 15 is 0 Å². The maximum atomic E-state index is 12.1. The highest BCUT2D eigenvalue weighted by Gasteiger charge is 2.19. The van der Waals surface area contributed by atoms with Gasteiger partial charge in [-0.2, -0.15) is 0 Å². The third-order valence-electron chi connectivity index (χ3n) is 2.99. The molecule has 0 aliphatic carbocycles. The van der Waals surface area contributed by atoms with Crippen molar-refractivity contribution in [1.82, 2.24) is 4.72 Å². The van der Waals surface area contributed by atoms with Gasteiger partial charge in [-0.05, 0) is 30.9 Å². The van der Waals surface area contributed by atoms with Crippen molar-refractivity contribution in [2.24, 2.45) is 5.92 Å². The molecule has 2 N–H and O–H groups in total. The van der Waals surface area contributed by atoms with Crippen molar-refractivity contribution in [1.29, 1.82) is 0 Å². The molecule has 0 fully saturated rings. The van der Waals surface area contributed by atoms with Crippen molar-refractivity contribution in [3.05, 3.63) is 28.2 Å². The predicted molar refractivity (Wildman–Crippen MR) is 82.3 cm³/mol. The van der Waals surface area contributed by atoms with Crippen LogP contribution in [0.5, 0.6) is 0 Å². The number of benzene rings is 1. The van der Waals surface area contributed by atoms with Crippen molar-refractivity contribution in [3.63, 3.8) is 0 Å². The average molecular weight is 354 g/mol. The highest BCUT2D eigenvalue weighted by molar-refractivity contribution is 7.89. The van der Waals surface area contributed by atoms with Crippen LogP contribution in [-0.4, -0.2) is 26.0 Å². The lowest BCUT2D eigenvalue weighted by Gasteiger charge is -2.12. The highest BCUT2D eigenvalue weighted by atomic mass is 35.5. The van der Waals surface area contributed by atoms with Gasteiger partial charge in [-0.1, -0.05) is 36.2 Å². The lowest BCUT2D eigenvalue weighted by atomic mass is 10.0. The Labute approximate surface area is 134 Å². The molecule has 0 aliphatic rings. The van der Waals surface area contributed by atoms with Crippen molar-refractivity contribution >= 4 is 39.2 Å². The van der Waals surface area contributed by atoms with Crippen molar-refractivity contribution in [2.45, 2.75) is 31.1 Å². The molecule has 5 nitrogen and oxygen atoms in total. The Hall–Kier alpha value is -0.820. The first-order chi connectivity index (χ1) is 9.74. The summed E-state index contributed by atoms with van der Waals surface area (Å²) < 4.78 is 26.7. The summed E-state index contributed by atoms with van der Waals surface area (Å²) in [5.41, 5.74) is 0. The van der Waals surface area contributed by atoms with Crippen molar-refractivity contribution in [3.8, 4) is 0 Å². The Balaban J connectivity index is 2.58. The second-order valence-electron chi connectivity index (χ2n) is 4.78. The van der Waals surface area contributed by atoms with Gasteiger partial charge in [-0.25, -0.2) is 13.1 Å². The van der Waals surface area contributed by atoms with E-state index in [0.717, 1.165) is 0 Å². The quantitative estimate of drug-likeness (QED) is 0.751. The first kappa shape index (κ1) is 18.2. The van der Waals surface area contributed by atoms with E-state index in [-0.39, 0.29) is 33.8 Å². The van der Waals surface area contributed by atoms with Crippen molar-refractivity contribution in [2.75, 3.05) is 6.54 Å². The largest absolute Gasteiger partial charge is 0.481 e. The molecular formula is C13H17Cl2NO4S. The molecule has 1 rings (SSSR count). The van der Waals surface area contributed by atoms with Crippen LogP contribution in [-0.2, 0) is 14.8 Å². The Bertz CT molecular complexity index is 604. The molecule has 1 aromatic carbocycles. The van der Waals surface area contributed by atoms with Gasteiger partial charge in [0.1, 0.15) is 4.90 Å². The minimum atomic E-state index is -3.72. The molecule has 0 aromatic heterocycles. The van der Waals surface area contributed by atoms with E-state index in [1.165, 1.54) is 18.2 Å². The summed E-state index contributed by atoms with van der Waals surface area (Å²) >= 11 is 11.7. The number of hydrogen-bond acceptors (Lipinski definition) is 3. The number of carbonyl (C=O) groups is 1. The number of halogens is 2. The molecule has 1 unspecified atom stereocenters. The van der Waals surface area contributed by atoms with E-state index in [1.807, 2.05) is 6.92 Å². The summed E-state index contributed by atoms with van der Waals surface area (Å²) in [6.07, 6.45) is 1.13. The summed E-state index contributed by atoms with van der Waals surface area (Å²) in [4.78, 5) is 10.4. The average Bonchev–Trinajstić information content (AvgIpc) is 2.39. The molecule has 1 atom stereocenters. The highest BCUT2D eigenvalue weighted by Crippen LogP contribution is 2.28. The summed E-state index contributed by atoms with van der Waals surface area (Å²) in [7, 11) is -3.72. The zero-order chi connectivity index (χ0) is 16.0. The first-order valence-electron chi connectivity index (χ1n) is 6.39. The van der Waals surface area contributed by atoms with Crippen LogP contribution >= 0.6 is 23.2 Å².